The van der Waals surface area contributed by atoms with Crippen LogP contribution in [0.1, 0.15) is 32.1 Å². The molecule has 1 aliphatic heterocycles. The molecule has 2 aromatic rings. The SMILES string of the molecule is S=C1N(c2ccccc2)CN(c2ccccc2)CN1C1CCCCC1. The van der Waals surface area contributed by atoms with Crippen molar-refractivity contribution in [2.75, 3.05) is 23.1 Å². The summed E-state index contributed by atoms with van der Waals surface area (Å²) in [5, 5.41) is 0.977. The fraction of sp³-hybridized carbons (Fsp3) is 0.381. The number of rotatable bonds is 3. The maximum absolute atomic E-state index is 5.94. The number of hydrogen-bond acceptors (Lipinski definition) is 2. The lowest BCUT2D eigenvalue weighted by molar-refractivity contribution is 0.234. The summed E-state index contributed by atoms with van der Waals surface area (Å²) in [7, 11) is 0. The summed E-state index contributed by atoms with van der Waals surface area (Å²) in [6.07, 6.45) is 6.51. The molecule has 0 unspecified atom stereocenters. The first-order chi connectivity index (χ1) is 12.3. The van der Waals surface area contributed by atoms with E-state index in [9.17, 15) is 0 Å². The van der Waals surface area contributed by atoms with Gasteiger partial charge in [0.1, 0.15) is 0 Å². The van der Waals surface area contributed by atoms with Gasteiger partial charge >= 0.3 is 0 Å². The Morgan fingerprint density at radius 3 is 1.96 bits per heavy atom. The minimum Gasteiger partial charge on any atom is -0.336 e. The Bertz CT molecular complexity index is 698. The molecule has 1 aliphatic carbocycles. The van der Waals surface area contributed by atoms with Crippen LogP contribution in [0.25, 0.3) is 0 Å². The van der Waals surface area contributed by atoms with Crippen molar-refractivity contribution in [3.63, 3.8) is 0 Å². The van der Waals surface area contributed by atoms with Crippen molar-refractivity contribution < 1.29 is 0 Å². The van der Waals surface area contributed by atoms with Gasteiger partial charge in [-0.15, -0.1) is 0 Å². The molecule has 0 amide bonds. The smallest absolute Gasteiger partial charge is 0.179 e. The van der Waals surface area contributed by atoms with Crippen LogP contribution in [0, 0.1) is 0 Å². The highest BCUT2D eigenvalue weighted by atomic mass is 32.1. The van der Waals surface area contributed by atoms with Crippen molar-refractivity contribution in [3.8, 4) is 0 Å². The van der Waals surface area contributed by atoms with E-state index in [1.807, 2.05) is 0 Å². The van der Waals surface area contributed by atoms with Crippen LogP contribution in [-0.2, 0) is 0 Å². The van der Waals surface area contributed by atoms with Crippen molar-refractivity contribution in [2.24, 2.45) is 0 Å². The van der Waals surface area contributed by atoms with E-state index in [0.29, 0.717) is 6.04 Å². The molecule has 1 heterocycles. The molecule has 2 fully saturated rings. The van der Waals surface area contributed by atoms with Crippen LogP contribution in [0.5, 0.6) is 0 Å². The van der Waals surface area contributed by atoms with Crippen molar-refractivity contribution in [1.29, 1.82) is 0 Å². The quantitative estimate of drug-likeness (QED) is 0.731. The third-order valence-corrected chi connectivity index (χ3v) is 5.77. The third kappa shape index (κ3) is 3.49. The Labute approximate surface area is 155 Å². The Morgan fingerprint density at radius 1 is 0.720 bits per heavy atom. The first-order valence-electron chi connectivity index (χ1n) is 9.26. The zero-order valence-corrected chi connectivity index (χ0v) is 15.4. The monoisotopic (exact) mass is 351 g/mol. The summed E-state index contributed by atoms with van der Waals surface area (Å²) in [5.74, 6) is 0. The van der Waals surface area contributed by atoms with Crippen molar-refractivity contribution in [1.82, 2.24) is 4.90 Å². The molecule has 1 saturated heterocycles. The number of thiocarbonyl (C=S) groups is 1. The van der Waals surface area contributed by atoms with E-state index in [2.05, 4.69) is 75.4 Å². The zero-order valence-electron chi connectivity index (χ0n) is 14.6. The largest absolute Gasteiger partial charge is 0.336 e. The van der Waals surface area contributed by atoms with Crippen molar-refractivity contribution in [2.45, 2.75) is 38.1 Å². The second-order valence-electron chi connectivity index (χ2n) is 6.97. The van der Waals surface area contributed by atoms with E-state index in [1.54, 1.807) is 0 Å². The molecule has 25 heavy (non-hydrogen) atoms. The first kappa shape index (κ1) is 16.4. The molecule has 0 radical (unpaired) electrons. The van der Waals surface area contributed by atoms with Gasteiger partial charge in [0.25, 0.3) is 0 Å². The predicted molar refractivity (Wildman–Crippen MR) is 109 cm³/mol. The summed E-state index contributed by atoms with van der Waals surface area (Å²) in [5.41, 5.74) is 2.43. The van der Waals surface area contributed by atoms with Gasteiger partial charge in [-0.2, -0.15) is 0 Å². The topological polar surface area (TPSA) is 9.72 Å². The molecular formula is C21H25N3S. The van der Waals surface area contributed by atoms with E-state index < -0.39 is 0 Å². The van der Waals surface area contributed by atoms with E-state index in [4.69, 9.17) is 12.2 Å². The lowest BCUT2D eigenvalue weighted by Crippen LogP contribution is -2.61. The molecular weight excluding hydrogens is 326 g/mol. The predicted octanol–water partition coefficient (Wildman–Crippen LogP) is 4.85. The third-order valence-electron chi connectivity index (χ3n) is 5.32. The molecule has 2 aromatic carbocycles. The highest BCUT2D eigenvalue weighted by Gasteiger charge is 2.33. The van der Waals surface area contributed by atoms with Crippen LogP contribution >= 0.6 is 12.2 Å². The highest BCUT2D eigenvalue weighted by Crippen LogP contribution is 2.30. The summed E-state index contributed by atoms with van der Waals surface area (Å²) >= 11 is 5.94. The van der Waals surface area contributed by atoms with Gasteiger partial charge in [0.15, 0.2) is 5.11 Å². The van der Waals surface area contributed by atoms with Crippen molar-refractivity contribution in [3.05, 3.63) is 60.7 Å². The molecule has 1 saturated carbocycles. The Hall–Kier alpha value is -2.07. The lowest BCUT2D eigenvalue weighted by atomic mass is 9.94. The maximum atomic E-state index is 5.94. The minimum atomic E-state index is 0.568. The summed E-state index contributed by atoms with van der Waals surface area (Å²) in [6, 6.07) is 21.8. The van der Waals surface area contributed by atoms with Gasteiger partial charge in [0.2, 0.25) is 0 Å². The average molecular weight is 352 g/mol. The second kappa shape index (κ2) is 7.44. The molecule has 0 bridgehead atoms. The molecule has 3 nitrogen and oxygen atoms in total. The van der Waals surface area contributed by atoms with Gasteiger partial charge in [-0.25, -0.2) is 0 Å². The second-order valence-corrected chi connectivity index (χ2v) is 7.33. The summed E-state index contributed by atoms with van der Waals surface area (Å²) in [6.45, 7) is 1.69. The molecule has 0 N–H and O–H groups in total. The minimum absolute atomic E-state index is 0.568. The summed E-state index contributed by atoms with van der Waals surface area (Å²) < 4.78 is 0. The number of para-hydroxylation sites is 2. The van der Waals surface area contributed by atoms with Gasteiger partial charge in [0.05, 0.1) is 13.3 Å². The number of anilines is 2. The van der Waals surface area contributed by atoms with Crippen LogP contribution in [0.2, 0.25) is 0 Å². The van der Waals surface area contributed by atoms with E-state index in [1.165, 1.54) is 43.5 Å². The Balaban J connectivity index is 1.65. The lowest BCUT2D eigenvalue weighted by Gasteiger charge is -2.49. The molecule has 0 aromatic heterocycles. The van der Waals surface area contributed by atoms with Crippen LogP contribution in [0.4, 0.5) is 11.4 Å². The molecule has 0 atom stereocenters. The molecule has 4 heteroatoms. The maximum Gasteiger partial charge on any atom is 0.179 e. The first-order valence-corrected chi connectivity index (χ1v) is 9.67. The molecule has 130 valence electrons. The van der Waals surface area contributed by atoms with Gasteiger partial charge in [-0.3, -0.25) is 0 Å². The van der Waals surface area contributed by atoms with Crippen LogP contribution in [0.15, 0.2) is 60.7 Å². The average Bonchev–Trinajstić information content (AvgIpc) is 2.70. The van der Waals surface area contributed by atoms with Crippen molar-refractivity contribution >= 4 is 28.7 Å². The fourth-order valence-electron chi connectivity index (χ4n) is 3.94. The Morgan fingerprint density at radius 2 is 1.32 bits per heavy atom. The number of hydrogen-bond donors (Lipinski definition) is 0. The fourth-order valence-corrected chi connectivity index (χ4v) is 4.31. The highest BCUT2D eigenvalue weighted by molar-refractivity contribution is 7.80. The summed E-state index contributed by atoms with van der Waals surface area (Å²) in [4.78, 5) is 7.16. The number of benzene rings is 2. The van der Waals surface area contributed by atoms with Gasteiger partial charge in [-0.1, -0.05) is 55.7 Å². The van der Waals surface area contributed by atoms with Crippen LogP contribution < -0.4 is 9.80 Å². The van der Waals surface area contributed by atoms with Gasteiger partial charge in [0, 0.05) is 17.4 Å². The zero-order chi connectivity index (χ0) is 17.1. The molecule has 4 rings (SSSR count). The van der Waals surface area contributed by atoms with E-state index >= 15 is 0 Å². The number of nitrogens with zero attached hydrogens (tertiary/aromatic N) is 3. The molecule has 0 spiro atoms. The van der Waals surface area contributed by atoms with E-state index in [-0.39, 0.29) is 0 Å². The van der Waals surface area contributed by atoms with Crippen LogP contribution in [-0.4, -0.2) is 29.4 Å². The Kier molecular flexibility index (Phi) is 4.88. The van der Waals surface area contributed by atoms with Gasteiger partial charge in [-0.05, 0) is 49.3 Å². The van der Waals surface area contributed by atoms with Crippen LogP contribution in [0.3, 0.4) is 0 Å². The molecule has 2 aliphatic rings. The normalized spacial score (nSPS) is 19.4. The van der Waals surface area contributed by atoms with Gasteiger partial charge < -0.3 is 14.7 Å². The standard InChI is InChI=1S/C21H25N3S/c25-21-23(19-12-6-2-7-13-19)16-22(18-10-4-1-5-11-18)17-24(21)20-14-8-3-9-15-20/h1-2,4-7,10-13,20H,3,8-9,14-17H2. The van der Waals surface area contributed by atoms with E-state index in [0.717, 1.165) is 18.4 Å².